The molecule has 0 spiro atoms. The van der Waals surface area contributed by atoms with Crippen molar-refractivity contribution >= 4 is 17.6 Å². The minimum Gasteiger partial charge on any atom is -0.493 e. The van der Waals surface area contributed by atoms with E-state index >= 15 is 0 Å². The third-order valence-electron chi connectivity index (χ3n) is 1.81. The molecule has 15 heavy (non-hydrogen) atoms. The van der Waals surface area contributed by atoms with Gasteiger partial charge in [0.1, 0.15) is 0 Å². The van der Waals surface area contributed by atoms with Gasteiger partial charge in [-0.15, -0.1) is 11.6 Å². The second-order valence-corrected chi connectivity index (χ2v) is 3.30. The standard InChI is InChI=1S/C11H13ClO3/c1-14-9-5-2-3-6-10(9)15-11(13)7-4-8-12/h2-3,5-6H,4,7-8H2,1H3. The number of hydrogen-bond acceptors (Lipinski definition) is 3. The maximum Gasteiger partial charge on any atom is 0.311 e. The lowest BCUT2D eigenvalue weighted by atomic mass is 10.3. The molecule has 1 aromatic rings. The zero-order valence-corrected chi connectivity index (χ0v) is 9.29. The molecule has 0 amide bonds. The number of carbonyl (C=O) groups is 1. The summed E-state index contributed by atoms with van der Waals surface area (Å²) in [5.41, 5.74) is 0. The molecule has 0 fully saturated rings. The van der Waals surface area contributed by atoms with Crippen molar-refractivity contribution in [3.05, 3.63) is 24.3 Å². The van der Waals surface area contributed by atoms with Crippen molar-refractivity contribution < 1.29 is 14.3 Å². The molecular weight excluding hydrogens is 216 g/mol. The Hall–Kier alpha value is -1.22. The van der Waals surface area contributed by atoms with Crippen molar-refractivity contribution in [3.63, 3.8) is 0 Å². The van der Waals surface area contributed by atoms with Crippen LogP contribution >= 0.6 is 11.6 Å². The monoisotopic (exact) mass is 228 g/mol. The molecular formula is C11H13ClO3. The molecule has 0 bridgehead atoms. The molecule has 0 heterocycles. The Morgan fingerprint density at radius 2 is 2.00 bits per heavy atom. The molecule has 3 nitrogen and oxygen atoms in total. The second-order valence-electron chi connectivity index (χ2n) is 2.92. The van der Waals surface area contributed by atoms with E-state index in [1.165, 1.54) is 7.11 Å². The van der Waals surface area contributed by atoms with Gasteiger partial charge in [-0.3, -0.25) is 4.79 Å². The largest absolute Gasteiger partial charge is 0.493 e. The summed E-state index contributed by atoms with van der Waals surface area (Å²) in [6.45, 7) is 0. The number of halogens is 1. The molecule has 82 valence electrons. The summed E-state index contributed by atoms with van der Waals surface area (Å²) < 4.78 is 10.2. The first-order valence-electron chi connectivity index (χ1n) is 4.67. The molecule has 0 unspecified atom stereocenters. The minimum atomic E-state index is -0.292. The van der Waals surface area contributed by atoms with Gasteiger partial charge in [-0.2, -0.15) is 0 Å². The Morgan fingerprint density at radius 3 is 2.60 bits per heavy atom. The van der Waals surface area contributed by atoms with E-state index in [4.69, 9.17) is 21.1 Å². The number of methoxy groups -OCH3 is 1. The number of esters is 1. The number of hydrogen-bond donors (Lipinski definition) is 0. The predicted molar refractivity (Wildman–Crippen MR) is 58.6 cm³/mol. The summed E-state index contributed by atoms with van der Waals surface area (Å²) in [5.74, 6) is 1.16. The molecule has 0 atom stereocenters. The Morgan fingerprint density at radius 1 is 1.33 bits per heavy atom. The predicted octanol–water partition coefficient (Wildman–Crippen LogP) is 2.62. The van der Waals surface area contributed by atoms with Gasteiger partial charge in [0, 0.05) is 12.3 Å². The number of alkyl halides is 1. The van der Waals surface area contributed by atoms with Crippen LogP contribution in [0.2, 0.25) is 0 Å². The summed E-state index contributed by atoms with van der Waals surface area (Å²) in [5, 5.41) is 0. The maximum atomic E-state index is 11.3. The van der Waals surface area contributed by atoms with E-state index < -0.39 is 0 Å². The zero-order valence-electron chi connectivity index (χ0n) is 8.53. The van der Waals surface area contributed by atoms with Crippen LogP contribution in [-0.4, -0.2) is 19.0 Å². The molecule has 0 aliphatic heterocycles. The summed E-state index contributed by atoms with van der Waals surface area (Å²) in [6, 6.07) is 7.03. The van der Waals surface area contributed by atoms with Crippen LogP contribution in [0, 0.1) is 0 Å². The molecule has 0 aliphatic carbocycles. The van der Waals surface area contributed by atoms with Crippen LogP contribution in [0.1, 0.15) is 12.8 Å². The van der Waals surface area contributed by atoms with Crippen molar-refractivity contribution in [3.8, 4) is 11.5 Å². The van der Waals surface area contributed by atoms with E-state index in [0.29, 0.717) is 30.2 Å². The molecule has 0 aromatic heterocycles. The molecule has 1 rings (SSSR count). The van der Waals surface area contributed by atoms with Crippen LogP contribution in [0.15, 0.2) is 24.3 Å². The first-order chi connectivity index (χ1) is 7.27. The fraction of sp³-hybridized carbons (Fsp3) is 0.364. The van der Waals surface area contributed by atoms with Crippen LogP contribution in [0.4, 0.5) is 0 Å². The molecule has 1 aromatic carbocycles. The van der Waals surface area contributed by atoms with Crippen LogP contribution in [-0.2, 0) is 4.79 Å². The number of para-hydroxylation sites is 2. The van der Waals surface area contributed by atoms with Crippen molar-refractivity contribution in [1.82, 2.24) is 0 Å². The minimum absolute atomic E-state index is 0.292. The lowest BCUT2D eigenvalue weighted by Gasteiger charge is -2.07. The number of carbonyl (C=O) groups excluding carboxylic acids is 1. The van der Waals surface area contributed by atoms with Gasteiger partial charge in [0.25, 0.3) is 0 Å². The quantitative estimate of drug-likeness (QED) is 0.442. The molecule has 4 heteroatoms. The Labute approximate surface area is 93.9 Å². The highest BCUT2D eigenvalue weighted by molar-refractivity contribution is 6.17. The normalized spacial score (nSPS) is 9.73. The van der Waals surface area contributed by atoms with Gasteiger partial charge in [0.05, 0.1) is 7.11 Å². The first-order valence-corrected chi connectivity index (χ1v) is 5.21. The number of ether oxygens (including phenoxy) is 2. The van der Waals surface area contributed by atoms with E-state index in [9.17, 15) is 4.79 Å². The summed E-state index contributed by atoms with van der Waals surface area (Å²) in [6.07, 6.45) is 0.942. The average molecular weight is 229 g/mol. The van der Waals surface area contributed by atoms with Gasteiger partial charge in [0.15, 0.2) is 11.5 Å². The zero-order chi connectivity index (χ0) is 11.1. The van der Waals surface area contributed by atoms with Gasteiger partial charge >= 0.3 is 5.97 Å². The third-order valence-corrected chi connectivity index (χ3v) is 2.07. The van der Waals surface area contributed by atoms with Gasteiger partial charge in [-0.25, -0.2) is 0 Å². The Balaban J connectivity index is 2.59. The average Bonchev–Trinajstić information content (AvgIpc) is 2.27. The van der Waals surface area contributed by atoms with E-state index in [1.54, 1.807) is 18.2 Å². The Bertz CT molecular complexity index is 325. The molecule has 0 N–H and O–H groups in total. The molecule has 0 radical (unpaired) electrons. The lowest BCUT2D eigenvalue weighted by Crippen LogP contribution is -2.08. The fourth-order valence-corrected chi connectivity index (χ4v) is 1.22. The highest BCUT2D eigenvalue weighted by Crippen LogP contribution is 2.26. The highest BCUT2D eigenvalue weighted by Gasteiger charge is 2.08. The van der Waals surface area contributed by atoms with E-state index in [2.05, 4.69) is 0 Å². The van der Waals surface area contributed by atoms with Gasteiger partial charge in [-0.1, -0.05) is 12.1 Å². The number of benzene rings is 1. The van der Waals surface area contributed by atoms with E-state index in [0.717, 1.165) is 0 Å². The fourth-order valence-electron chi connectivity index (χ4n) is 1.09. The highest BCUT2D eigenvalue weighted by atomic mass is 35.5. The van der Waals surface area contributed by atoms with Gasteiger partial charge < -0.3 is 9.47 Å². The summed E-state index contributed by atoms with van der Waals surface area (Å²) in [4.78, 5) is 11.3. The third kappa shape index (κ3) is 3.80. The van der Waals surface area contributed by atoms with Crippen molar-refractivity contribution in [2.24, 2.45) is 0 Å². The maximum absolute atomic E-state index is 11.3. The van der Waals surface area contributed by atoms with Crippen LogP contribution < -0.4 is 9.47 Å². The van der Waals surface area contributed by atoms with Gasteiger partial charge in [0.2, 0.25) is 0 Å². The summed E-state index contributed by atoms with van der Waals surface area (Å²) >= 11 is 5.47. The first kappa shape index (κ1) is 11.9. The van der Waals surface area contributed by atoms with Crippen LogP contribution in [0.25, 0.3) is 0 Å². The van der Waals surface area contributed by atoms with Crippen molar-refractivity contribution in [1.29, 1.82) is 0 Å². The smallest absolute Gasteiger partial charge is 0.311 e. The van der Waals surface area contributed by atoms with Gasteiger partial charge in [-0.05, 0) is 18.6 Å². The molecule has 0 aliphatic rings. The Kier molecular flexibility index (Phi) is 4.98. The topological polar surface area (TPSA) is 35.5 Å². The van der Waals surface area contributed by atoms with E-state index in [-0.39, 0.29) is 5.97 Å². The lowest BCUT2D eigenvalue weighted by molar-refractivity contribution is -0.134. The SMILES string of the molecule is COc1ccccc1OC(=O)CCCCl. The second kappa shape index (κ2) is 6.30. The van der Waals surface area contributed by atoms with Crippen molar-refractivity contribution in [2.75, 3.05) is 13.0 Å². The number of rotatable bonds is 5. The molecule has 0 saturated heterocycles. The van der Waals surface area contributed by atoms with Crippen molar-refractivity contribution in [2.45, 2.75) is 12.8 Å². The van der Waals surface area contributed by atoms with E-state index in [1.807, 2.05) is 6.07 Å². The van der Waals surface area contributed by atoms with Crippen LogP contribution in [0.5, 0.6) is 11.5 Å². The van der Waals surface area contributed by atoms with Crippen LogP contribution in [0.3, 0.4) is 0 Å². The molecule has 0 saturated carbocycles. The summed E-state index contributed by atoms with van der Waals surface area (Å²) in [7, 11) is 1.53.